The number of nitrogens with zero attached hydrogens (tertiary/aromatic N) is 1. The maximum Gasteiger partial charge on any atom is 0.252 e. The van der Waals surface area contributed by atoms with Crippen LogP contribution in [0, 0.1) is 5.92 Å². The van der Waals surface area contributed by atoms with Gasteiger partial charge >= 0.3 is 0 Å². The van der Waals surface area contributed by atoms with Gasteiger partial charge in [0, 0.05) is 14.1 Å². The summed E-state index contributed by atoms with van der Waals surface area (Å²) in [5.74, 6) is 1.71. The molecule has 0 aromatic carbocycles. The quantitative estimate of drug-likeness (QED) is 0.533. The Bertz CT molecular complexity index is 262. The summed E-state index contributed by atoms with van der Waals surface area (Å²) in [6.07, 6.45) is 3.30. The monoisotopic (exact) mass is 257 g/mol. The first kappa shape index (κ1) is 16.6. The SMILES string of the molecule is CC(C)C/C=C(\O[Si](C)(C)C(C)(C)C)N(C)C. The molecule has 0 saturated carbocycles. The van der Waals surface area contributed by atoms with Crippen LogP contribution in [0.1, 0.15) is 41.0 Å². The fraction of sp³-hybridized carbons (Fsp3) is 0.857. The van der Waals surface area contributed by atoms with Gasteiger partial charge in [0.15, 0.2) is 5.88 Å². The molecule has 102 valence electrons. The van der Waals surface area contributed by atoms with Gasteiger partial charge in [0.05, 0.1) is 0 Å². The van der Waals surface area contributed by atoms with Crippen LogP contribution in [-0.4, -0.2) is 27.3 Å². The molecule has 0 aromatic rings. The molecule has 0 aliphatic carbocycles. The second kappa shape index (κ2) is 5.94. The Morgan fingerprint density at radius 2 is 1.71 bits per heavy atom. The van der Waals surface area contributed by atoms with E-state index in [1.165, 1.54) is 0 Å². The highest BCUT2D eigenvalue weighted by Gasteiger charge is 2.39. The highest BCUT2D eigenvalue weighted by Crippen LogP contribution is 2.38. The lowest BCUT2D eigenvalue weighted by molar-refractivity contribution is 0.258. The average Bonchev–Trinajstić information content (AvgIpc) is 2.09. The molecule has 0 aromatic heterocycles. The van der Waals surface area contributed by atoms with Crippen molar-refractivity contribution < 1.29 is 4.43 Å². The van der Waals surface area contributed by atoms with Crippen molar-refractivity contribution in [2.24, 2.45) is 5.92 Å². The molecule has 0 atom stereocenters. The van der Waals surface area contributed by atoms with Crippen molar-refractivity contribution in [3.63, 3.8) is 0 Å². The normalized spacial score (nSPS) is 14.1. The summed E-state index contributed by atoms with van der Waals surface area (Å²) < 4.78 is 6.34. The molecule has 0 radical (unpaired) electrons. The third-order valence-electron chi connectivity index (χ3n) is 3.37. The van der Waals surface area contributed by atoms with E-state index in [-0.39, 0.29) is 5.04 Å². The predicted molar refractivity (Wildman–Crippen MR) is 79.5 cm³/mol. The van der Waals surface area contributed by atoms with Gasteiger partial charge in [0.1, 0.15) is 0 Å². The van der Waals surface area contributed by atoms with E-state index >= 15 is 0 Å². The zero-order valence-electron chi connectivity index (χ0n) is 13.2. The Kier molecular flexibility index (Phi) is 5.79. The molecule has 0 rings (SSSR count). The molecule has 2 nitrogen and oxygen atoms in total. The van der Waals surface area contributed by atoms with Gasteiger partial charge in [-0.15, -0.1) is 0 Å². The maximum absolute atomic E-state index is 6.34. The zero-order chi connectivity index (χ0) is 13.9. The second-order valence-corrected chi connectivity index (χ2v) is 11.7. The summed E-state index contributed by atoms with van der Waals surface area (Å²) in [5, 5.41) is 0.250. The Morgan fingerprint density at radius 3 is 2.00 bits per heavy atom. The van der Waals surface area contributed by atoms with Gasteiger partial charge in [-0.1, -0.05) is 34.6 Å². The van der Waals surface area contributed by atoms with Crippen molar-refractivity contribution in [1.82, 2.24) is 4.90 Å². The Labute approximate surface area is 109 Å². The molecule has 0 N–H and O–H groups in total. The van der Waals surface area contributed by atoms with Crippen LogP contribution in [0.15, 0.2) is 12.0 Å². The number of hydrogen-bond acceptors (Lipinski definition) is 2. The largest absolute Gasteiger partial charge is 0.532 e. The molecule has 0 bridgehead atoms. The van der Waals surface area contributed by atoms with Gasteiger partial charge in [0.25, 0.3) is 8.32 Å². The average molecular weight is 257 g/mol. The van der Waals surface area contributed by atoms with Crippen LogP contribution in [-0.2, 0) is 4.43 Å². The minimum Gasteiger partial charge on any atom is -0.532 e. The van der Waals surface area contributed by atoms with Crippen LogP contribution in [0.3, 0.4) is 0 Å². The molecule has 0 saturated heterocycles. The first-order chi connectivity index (χ1) is 7.47. The van der Waals surface area contributed by atoms with E-state index in [0.29, 0.717) is 5.92 Å². The van der Waals surface area contributed by atoms with E-state index in [2.05, 4.69) is 72.8 Å². The summed E-state index contributed by atoms with van der Waals surface area (Å²) in [5.41, 5.74) is 0. The minimum absolute atomic E-state index is 0.250. The topological polar surface area (TPSA) is 12.5 Å². The number of allylic oxidation sites excluding steroid dienone is 1. The fourth-order valence-electron chi connectivity index (χ4n) is 1.07. The minimum atomic E-state index is -1.71. The molecule has 0 aliphatic rings. The lowest BCUT2D eigenvalue weighted by Gasteiger charge is -2.38. The molecule has 0 unspecified atom stereocenters. The van der Waals surface area contributed by atoms with Gasteiger partial charge in [0.2, 0.25) is 0 Å². The van der Waals surface area contributed by atoms with Crippen molar-refractivity contribution in [3.05, 3.63) is 12.0 Å². The molecule has 3 heteroatoms. The molecule has 0 spiro atoms. The number of hydrogen-bond donors (Lipinski definition) is 0. The van der Waals surface area contributed by atoms with Gasteiger partial charge in [-0.3, -0.25) is 0 Å². The molecular weight excluding hydrogens is 226 g/mol. The van der Waals surface area contributed by atoms with Crippen molar-refractivity contribution in [2.75, 3.05) is 14.1 Å². The van der Waals surface area contributed by atoms with Gasteiger partial charge in [-0.2, -0.15) is 0 Å². The fourth-order valence-corrected chi connectivity index (χ4v) is 2.16. The second-order valence-electron chi connectivity index (χ2n) is 6.93. The first-order valence-corrected chi connectivity index (χ1v) is 9.44. The maximum atomic E-state index is 6.34. The lowest BCUT2D eigenvalue weighted by Crippen LogP contribution is -2.42. The Morgan fingerprint density at radius 1 is 1.24 bits per heavy atom. The molecule has 0 aliphatic heterocycles. The summed E-state index contributed by atoms with van der Waals surface area (Å²) in [6.45, 7) is 15.9. The van der Waals surface area contributed by atoms with E-state index in [0.717, 1.165) is 12.3 Å². The van der Waals surface area contributed by atoms with Crippen LogP contribution >= 0.6 is 0 Å². The third-order valence-corrected chi connectivity index (χ3v) is 7.70. The molecule has 17 heavy (non-hydrogen) atoms. The summed E-state index contributed by atoms with van der Waals surface area (Å²) in [4.78, 5) is 2.09. The highest BCUT2D eigenvalue weighted by atomic mass is 28.4. The van der Waals surface area contributed by atoms with Crippen LogP contribution < -0.4 is 0 Å². The van der Waals surface area contributed by atoms with Crippen LogP contribution in [0.2, 0.25) is 18.1 Å². The molecule has 0 heterocycles. The van der Waals surface area contributed by atoms with Crippen molar-refractivity contribution in [2.45, 2.75) is 59.2 Å². The Balaban J connectivity index is 4.84. The van der Waals surface area contributed by atoms with E-state index in [4.69, 9.17) is 4.43 Å². The van der Waals surface area contributed by atoms with Crippen molar-refractivity contribution in [1.29, 1.82) is 0 Å². The number of rotatable bonds is 5. The molecule has 0 amide bonds. The Hall–Kier alpha value is -0.443. The van der Waals surface area contributed by atoms with Gasteiger partial charge < -0.3 is 9.33 Å². The van der Waals surface area contributed by atoms with E-state index in [1.807, 2.05) is 0 Å². The van der Waals surface area contributed by atoms with Gasteiger partial charge in [-0.25, -0.2) is 0 Å². The van der Waals surface area contributed by atoms with Crippen LogP contribution in [0.4, 0.5) is 0 Å². The van der Waals surface area contributed by atoms with E-state index < -0.39 is 8.32 Å². The summed E-state index contributed by atoms with van der Waals surface area (Å²) >= 11 is 0. The summed E-state index contributed by atoms with van der Waals surface area (Å²) in [7, 11) is 2.40. The highest BCUT2D eigenvalue weighted by molar-refractivity contribution is 6.74. The van der Waals surface area contributed by atoms with Crippen molar-refractivity contribution in [3.8, 4) is 0 Å². The van der Waals surface area contributed by atoms with Crippen LogP contribution in [0.25, 0.3) is 0 Å². The van der Waals surface area contributed by atoms with E-state index in [1.54, 1.807) is 0 Å². The van der Waals surface area contributed by atoms with E-state index in [9.17, 15) is 0 Å². The lowest BCUT2D eigenvalue weighted by atomic mass is 10.1. The molecular formula is C14H31NOSi. The zero-order valence-corrected chi connectivity index (χ0v) is 14.2. The van der Waals surface area contributed by atoms with Crippen LogP contribution in [0.5, 0.6) is 0 Å². The molecule has 0 fully saturated rings. The smallest absolute Gasteiger partial charge is 0.252 e. The van der Waals surface area contributed by atoms with Gasteiger partial charge in [-0.05, 0) is 36.5 Å². The third kappa shape index (κ3) is 5.62. The standard InChI is InChI=1S/C14H31NOSi/c1-12(2)10-11-13(15(6)7)16-17(8,9)14(3,4)5/h11-12H,10H2,1-9H3/b13-11-. The van der Waals surface area contributed by atoms with Crippen molar-refractivity contribution >= 4 is 8.32 Å². The first-order valence-electron chi connectivity index (χ1n) is 6.54. The summed E-state index contributed by atoms with van der Waals surface area (Å²) in [6, 6.07) is 0. The predicted octanol–water partition coefficient (Wildman–Crippen LogP) is 4.46.